The maximum absolute atomic E-state index is 13.3. The molecule has 0 amide bonds. The molecule has 0 unspecified atom stereocenters. The monoisotopic (exact) mass is 212 g/mol. The third-order valence-corrected chi connectivity index (χ3v) is 2.97. The number of hydrogen-bond acceptors (Lipinski definition) is 4. The zero-order valence-electron chi connectivity index (χ0n) is 7.80. The first-order valence-corrected chi connectivity index (χ1v) is 4.88. The number of nitrogens with zero attached hydrogens (tertiary/aromatic N) is 1. The lowest BCUT2D eigenvalue weighted by Gasteiger charge is -1.99. The topological polar surface area (TPSA) is 34.2 Å². The molecular formula is C9H9FN2OS. The van der Waals surface area contributed by atoms with E-state index in [4.69, 9.17) is 4.74 Å². The molecule has 5 heteroatoms. The van der Waals surface area contributed by atoms with Gasteiger partial charge in [-0.15, -0.1) is 0 Å². The summed E-state index contributed by atoms with van der Waals surface area (Å²) in [7, 11) is 3.30. The van der Waals surface area contributed by atoms with Crippen molar-refractivity contribution in [3.63, 3.8) is 0 Å². The highest BCUT2D eigenvalue weighted by atomic mass is 32.1. The van der Waals surface area contributed by atoms with Crippen molar-refractivity contribution in [3.8, 4) is 5.75 Å². The first-order chi connectivity index (χ1) is 6.76. The van der Waals surface area contributed by atoms with Gasteiger partial charge in [0.2, 0.25) is 0 Å². The molecule has 0 saturated heterocycles. The summed E-state index contributed by atoms with van der Waals surface area (Å²) in [6.07, 6.45) is 0. The second-order valence-electron chi connectivity index (χ2n) is 2.70. The average Bonchev–Trinajstić information content (AvgIpc) is 2.63. The maximum Gasteiger partial charge on any atom is 0.183 e. The van der Waals surface area contributed by atoms with Crippen LogP contribution in [-0.2, 0) is 0 Å². The largest absolute Gasteiger partial charge is 0.494 e. The molecule has 0 fully saturated rings. The summed E-state index contributed by atoms with van der Waals surface area (Å²) < 4.78 is 19.0. The van der Waals surface area contributed by atoms with E-state index in [1.54, 1.807) is 20.2 Å². The fraction of sp³-hybridized carbons (Fsp3) is 0.222. The minimum Gasteiger partial charge on any atom is -0.494 e. The van der Waals surface area contributed by atoms with E-state index in [-0.39, 0.29) is 5.82 Å². The Bertz CT molecular complexity index is 469. The molecule has 0 aliphatic rings. The molecule has 74 valence electrons. The average molecular weight is 212 g/mol. The number of fused-ring (bicyclic) bond motifs is 1. The van der Waals surface area contributed by atoms with Gasteiger partial charge in [-0.3, -0.25) is 0 Å². The van der Waals surface area contributed by atoms with Crippen molar-refractivity contribution < 1.29 is 9.13 Å². The van der Waals surface area contributed by atoms with Gasteiger partial charge in [-0.25, -0.2) is 9.37 Å². The van der Waals surface area contributed by atoms with Crippen molar-refractivity contribution in [3.05, 3.63) is 17.9 Å². The summed E-state index contributed by atoms with van der Waals surface area (Å²) in [6, 6.07) is 2.97. The molecule has 0 aliphatic carbocycles. The Morgan fingerprint density at radius 3 is 2.93 bits per heavy atom. The van der Waals surface area contributed by atoms with Crippen molar-refractivity contribution in [1.82, 2.24) is 4.98 Å². The molecule has 2 aromatic rings. The Kier molecular flexibility index (Phi) is 2.25. The normalized spacial score (nSPS) is 10.5. The van der Waals surface area contributed by atoms with E-state index < -0.39 is 0 Å². The van der Waals surface area contributed by atoms with Crippen molar-refractivity contribution in [2.24, 2.45) is 0 Å². The van der Waals surface area contributed by atoms with Crippen LogP contribution in [0, 0.1) is 5.82 Å². The fourth-order valence-electron chi connectivity index (χ4n) is 1.22. The maximum atomic E-state index is 13.3. The van der Waals surface area contributed by atoms with E-state index in [2.05, 4.69) is 10.3 Å². The minimum atomic E-state index is -0.264. The zero-order valence-corrected chi connectivity index (χ0v) is 8.61. The standard InChI is InChI=1S/C9H9FN2OS/c1-11-9-12-7-6(13-2)4-3-5(10)8(7)14-9/h3-4H,1-2H3,(H,11,12). The second kappa shape index (κ2) is 3.42. The summed E-state index contributed by atoms with van der Waals surface area (Å²) in [5.41, 5.74) is 0.571. The van der Waals surface area contributed by atoms with Crippen LogP contribution in [0.15, 0.2) is 12.1 Å². The second-order valence-corrected chi connectivity index (χ2v) is 3.70. The van der Waals surface area contributed by atoms with E-state index in [0.29, 0.717) is 21.1 Å². The van der Waals surface area contributed by atoms with Gasteiger partial charge in [-0.1, -0.05) is 11.3 Å². The van der Waals surface area contributed by atoms with Gasteiger partial charge in [0.25, 0.3) is 0 Å². The van der Waals surface area contributed by atoms with Crippen molar-refractivity contribution in [1.29, 1.82) is 0 Å². The zero-order chi connectivity index (χ0) is 10.1. The van der Waals surface area contributed by atoms with Gasteiger partial charge < -0.3 is 10.1 Å². The minimum absolute atomic E-state index is 0.264. The molecule has 14 heavy (non-hydrogen) atoms. The molecule has 1 aromatic carbocycles. The van der Waals surface area contributed by atoms with Crippen molar-refractivity contribution in [2.45, 2.75) is 0 Å². The first kappa shape index (κ1) is 9.21. The first-order valence-electron chi connectivity index (χ1n) is 4.07. The molecular weight excluding hydrogens is 203 g/mol. The van der Waals surface area contributed by atoms with E-state index in [0.717, 1.165) is 0 Å². The molecule has 0 atom stereocenters. The lowest BCUT2D eigenvalue weighted by atomic mass is 10.3. The Morgan fingerprint density at radius 2 is 2.29 bits per heavy atom. The van der Waals surface area contributed by atoms with Crippen LogP contribution < -0.4 is 10.1 Å². The molecule has 0 saturated carbocycles. The third kappa shape index (κ3) is 1.29. The third-order valence-electron chi connectivity index (χ3n) is 1.89. The Hall–Kier alpha value is -1.36. The van der Waals surface area contributed by atoms with Gasteiger partial charge >= 0.3 is 0 Å². The number of rotatable bonds is 2. The van der Waals surface area contributed by atoms with E-state index >= 15 is 0 Å². The Balaban J connectivity index is 2.74. The molecule has 0 aliphatic heterocycles. The number of methoxy groups -OCH3 is 1. The van der Waals surface area contributed by atoms with Crippen LogP contribution in [0.1, 0.15) is 0 Å². The van der Waals surface area contributed by atoms with Gasteiger partial charge in [0, 0.05) is 7.05 Å². The molecule has 3 nitrogen and oxygen atoms in total. The predicted molar refractivity (Wildman–Crippen MR) is 55.7 cm³/mol. The quantitative estimate of drug-likeness (QED) is 0.830. The van der Waals surface area contributed by atoms with Crippen LogP contribution in [-0.4, -0.2) is 19.1 Å². The predicted octanol–water partition coefficient (Wildman–Crippen LogP) is 2.49. The molecule has 1 aromatic heterocycles. The van der Waals surface area contributed by atoms with Crippen LogP contribution in [0.3, 0.4) is 0 Å². The number of anilines is 1. The number of thiazole rings is 1. The highest BCUT2D eigenvalue weighted by Gasteiger charge is 2.11. The molecule has 2 rings (SSSR count). The SMILES string of the molecule is CNc1nc2c(OC)ccc(F)c2s1. The molecule has 1 N–H and O–H groups in total. The lowest BCUT2D eigenvalue weighted by molar-refractivity contribution is 0.418. The van der Waals surface area contributed by atoms with Crippen LogP contribution >= 0.6 is 11.3 Å². The van der Waals surface area contributed by atoms with Gasteiger partial charge in [-0.2, -0.15) is 0 Å². The number of ether oxygens (including phenoxy) is 1. The summed E-state index contributed by atoms with van der Waals surface area (Å²) in [5, 5.41) is 3.56. The van der Waals surface area contributed by atoms with Crippen LogP contribution in [0.5, 0.6) is 5.75 Å². The number of aromatic nitrogens is 1. The number of benzene rings is 1. The highest BCUT2D eigenvalue weighted by molar-refractivity contribution is 7.22. The van der Waals surface area contributed by atoms with Crippen LogP contribution in [0.25, 0.3) is 10.2 Å². The lowest BCUT2D eigenvalue weighted by Crippen LogP contribution is -1.87. The van der Waals surface area contributed by atoms with E-state index in [1.165, 1.54) is 17.4 Å². The van der Waals surface area contributed by atoms with E-state index in [1.807, 2.05) is 0 Å². The van der Waals surface area contributed by atoms with Gasteiger partial charge in [0.15, 0.2) is 5.13 Å². The van der Waals surface area contributed by atoms with Crippen molar-refractivity contribution in [2.75, 3.05) is 19.5 Å². The molecule has 0 spiro atoms. The number of hydrogen-bond donors (Lipinski definition) is 1. The molecule has 0 radical (unpaired) electrons. The van der Waals surface area contributed by atoms with Gasteiger partial charge in [-0.05, 0) is 12.1 Å². The van der Waals surface area contributed by atoms with Crippen LogP contribution in [0.2, 0.25) is 0 Å². The van der Waals surface area contributed by atoms with Gasteiger partial charge in [0.05, 0.1) is 11.8 Å². The highest BCUT2D eigenvalue weighted by Crippen LogP contribution is 2.33. The summed E-state index contributed by atoms with van der Waals surface area (Å²) in [6.45, 7) is 0. The summed E-state index contributed by atoms with van der Waals surface area (Å²) in [5.74, 6) is 0.332. The fourth-order valence-corrected chi connectivity index (χ4v) is 2.06. The number of halogens is 1. The Morgan fingerprint density at radius 1 is 1.50 bits per heavy atom. The smallest absolute Gasteiger partial charge is 0.183 e. The van der Waals surface area contributed by atoms with Crippen LogP contribution in [0.4, 0.5) is 9.52 Å². The summed E-state index contributed by atoms with van der Waals surface area (Å²) >= 11 is 1.28. The number of nitrogens with one attached hydrogen (secondary N) is 1. The molecule has 1 heterocycles. The van der Waals surface area contributed by atoms with E-state index in [9.17, 15) is 4.39 Å². The van der Waals surface area contributed by atoms with Gasteiger partial charge in [0.1, 0.15) is 17.1 Å². The molecule has 0 bridgehead atoms. The Labute approximate surface area is 84.5 Å². The summed E-state index contributed by atoms with van der Waals surface area (Å²) in [4.78, 5) is 4.21. The van der Waals surface area contributed by atoms with Crippen molar-refractivity contribution >= 4 is 26.7 Å².